The van der Waals surface area contributed by atoms with Gasteiger partial charge in [0.2, 0.25) is 0 Å². The normalized spacial score (nSPS) is 23.1. The Labute approximate surface area is 119 Å². The molecule has 4 N–H and O–H groups in total. The van der Waals surface area contributed by atoms with Crippen molar-refractivity contribution < 1.29 is 0 Å². The minimum absolute atomic E-state index is 0.481. The summed E-state index contributed by atoms with van der Waals surface area (Å²) in [6.07, 6.45) is 9.51. The third kappa shape index (κ3) is 2.50. The van der Waals surface area contributed by atoms with Crippen molar-refractivity contribution in [2.75, 3.05) is 11.9 Å². The number of hydrogen-bond donors (Lipinski definition) is 3. The molecule has 0 bridgehead atoms. The lowest BCUT2D eigenvalue weighted by molar-refractivity contribution is 0.342. The summed E-state index contributed by atoms with van der Waals surface area (Å²) >= 11 is 0. The van der Waals surface area contributed by atoms with Gasteiger partial charge in [0.1, 0.15) is 17.8 Å². The minimum atomic E-state index is 0.481. The summed E-state index contributed by atoms with van der Waals surface area (Å²) in [5, 5.41) is 4.77. The summed E-state index contributed by atoms with van der Waals surface area (Å²) < 4.78 is 0. The van der Waals surface area contributed by atoms with Crippen LogP contribution in [0.1, 0.15) is 38.2 Å². The summed E-state index contributed by atoms with van der Waals surface area (Å²) in [4.78, 5) is 12.0. The molecule has 3 rings (SSSR count). The molecule has 0 aliphatic heterocycles. The molecule has 2 aromatic rings. The number of anilines is 1. The Hall–Kier alpha value is -1.62. The fourth-order valence-electron chi connectivity index (χ4n) is 3.24. The number of aryl methyl sites for hydroxylation is 1. The van der Waals surface area contributed by atoms with Crippen molar-refractivity contribution in [2.24, 2.45) is 11.7 Å². The summed E-state index contributed by atoms with van der Waals surface area (Å²) in [6.45, 7) is 2.95. The SMILES string of the molecule is CCc1c[nH]c2ncnc(NC3CCCC(CN)C3)c12. The average Bonchev–Trinajstić information content (AvgIpc) is 2.92. The highest BCUT2D eigenvalue weighted by molar-refractivity contribution is 5.90. The van der Waals surface area contributed by atoms with Gasteiger partial charge >= 0.3 is 0 Å². The van der Waals surface area contributed by atoms with E-state index in [0.29, 0.717) is 12.0 Å². The van der Waals surface area contributed by atoms with Gasteiger partial charge in [0.25, 0.3) is 0 Å². The molecule has 1 aliphatic carbocycles. The highest BCUT2D eigenvalue weighted by Crippen LogP contribution is 2.29. The van der Waals surface area contributed by atoms with Gasteiger partial charge in [-0.15, -0.1) is 0 Å². The summed E-state index contributed by atoms with van der Waals surface area (Å²) in [5.41, 5.74) is 8.01. The number of nitrogens with zero attached hydrogens (tertiary/aromatic N) is 2. The van der Waals surface area contributed by atoms with Gasteiger partial charge in [-0.2, -0.15) is 0 Å². The molecule has 108 valence electrons. The van der Waals surface area contributed by atoms with Crippen LogP contribution in [0.5, 0.6) is 0 Å². The summed E-state index contributed by atoms with van der Waals surface area (Å²) in [6, 6.07) is 0.481. The van der Waals surface area contributed by atoms with E-state index < -0.39 is 0 Å². The Morgan fingerprint density at radius 2 is 2.30 bits per heavy atom. The maximum atomic E-state index is 5.82. The second-order valence-corrected chi connectivity index (χ2v) is 5.72. The Bertz CT molecular complexity index is 577. The van der Waals surface area contributed by atoms with E-state index in [2.05, 4.69) is 27.2 Å². The van der Waals surface area contributed by atoms with Crippen LogP contribution in [0.3, 0.4) is 0 Å². The number of rotatable bonds is 4. The molecule has 0 radical (unpaired) electrons. The van der Waals surface area contributed by atoms with E-state index in [-0.39, 0.29) is 0 Å². The maximum absolute atomic E-state index is 5.82. The maximum Gasteiger partial charge on any atom is 0.143 e. The van der Waals surface area contributed by atoms with Crippen LogP contribution in [-0.4, -0.2) is 27.5 Å². The van der Waals surface area contributed by atoms with E-state index in [1.807, 2.05) is 6.20 Å². The zero-order valence-electron chi connectivity index (χ0n) is 12.0. The summed E-state index contributed by atoms with van der Waals surface area (Å²) in [5.74, 6) is 1.62. The largest absolute Gasteiger partial charge is 0.367 e. The molecular weight excluding hydrogens is 250 g/mol. The van der Waals surface area contributed by atoms with Crippen molar-refractivity contribution >= 4 is 16.9 Å². The molecule has 20 heavy (non-hydrogen) atoms. The first-order chi connectivity index (χ1) is 9.81. The molecule has 1 fully saturated rings. The van der Waals surface area contributed by atoms with E-state index in [1.54, 1.807) is 6.33 Å². The van der Waals surface area contributed by atoms with Crippen molar-refractivity contribution in [3.05, 3.63) is 18.1 Å². The Kier molecular flexibility index (Phi) is 3.87. The van der Waals surface area contributed by atoms with Gasteiger partial charge in [0, 0.05) is 12.2 Å². The van der Waals surface area contributed by atoms with Crippen molar-refractivity contribution in [3.63, 3.8) is 0 Å². The lowest BCUT2D eigenvalue weighted by Gasteiger charge is -2.29. The zero-order chi connectivity index (χ0) is 13.9. The molecule has 2 unspecified atom stereocenters. The molecule has 1 saturated carbocycles. The Morgan fingerprint density at radius 3 is 3.10 bits per heavy atom. The highest BCUT2D eigenvalue weighted by Gasteiger charge is 2.22. The van der Waals surface area contributed by atoms with E-state index in [4.69, 9.17) is 5.73 Å². The fraction of sp³-hybridized carbons (Fsp3) is 0.600. The number of hydrogen-bond acceptors (Lipinski definition) is 4. The minimum Gasteiger partial charge on any atom is -0.367 e. The predicted molar refractivity (Wildman–Crippen MR) is 81.7 cm³/mol. The fourth-order valence-corrected chi connectivity index (χ4v) is 3.24. The molecule has 1 aliphatic rings. The van der Waals surface area contributed by atoms with Crippen LogP contribution in [-0.2, 0) is 6.42 Å². The first kappa shape index (κ1) is 13.4. The third-order valence-corrected chi connectivity index (χ3v) is 4.39. The molecule has 0 aromatic carbocycles. The predicted octanol–water partition coefficient (Wildman–Crippen LogP) is 2.45. The quantitative estimate of drug-likeness (QED) is 0.799. The van der Waals surface area contributed by atoms with Gasteiger partial charge < -0.3 is 16.0 Å². The highest BCUT2D eigenvalue weighted by atomic mass is 15.1. The number of aromatic nitrogens is 3. The average molecular weight is 273 g/mol. The van der Waals surface area contributed by atoms with Crippen molar-refractivity contribution in [2.45, 2.75) is 45.1 Å². The monoisotopic (exact) mass is 273 g/mol. The Morgan fingerprint density at radius 1 is 1.40 bits per heavy atom. The molecule has 2 atom stereocenters. The van der Waals surface area contributed by atoms with E-state index in [1.165, 1.54) is 24.8 Å². The molecule has 2 aromatic heterocycles. The third-order valence-electron chi connectivity index (χ3n) is 4.39. The first-order valence-corrected chi connectivity index (χ1v) is 7.59. The Balaban J connectivity index is 1.85. The van der Waals surface area contributed by atoms with Gasteiger partial charge in [-0.25, -0.2) is 9.97 Å². The number of nitrogens with one attached hydrogen (secondary N) is 2. The second kappa shape index (κ2) is 5.79. The molecule has 0 amide bonds. The van der Waals surface area contributed by atoms with Crippen LogP contribution in [0.25, 0.3) is 11.0 Å². The van der Waals surface area contributed by atoms with E-state index in [0.717, 1.165) is 36.2 Å². The van der Waals surface area contributed by atoms with Crippen molar-refractivity contribution in [1.82, 2.24) is 15.0 Å². The number of nitrogens with two attached hydrogens (primary N) is 1. The lowest BCUT2D eigenvalue weighted by atomic mass is 9.86. The van der Waals surface area contributed by atoms with Gasteiger partial charge in [0.15, 0.2) is 0 Å². The number of fused-ring (bicyclic) bond motifs is 1. The summed E-state index contributed by atoms with van der Waals surface area (Å²) in [7, 11) is 0. The van der Waals surface area contributed by atoms with Crippen LogP contribution >= 0.6 is 0 Å². The van der Waals surface area contributed by atoms with Crippen molar-refractivity contribution in [3.8, 4) is 0 Å². The van der Waals surface area contributed by atoms with Crippen LogP contribution < -0.4 is 11.1 Å². The topological polar surface area (TPSA) is 79.6 Å². The molecular formula is C15H23N5. The molecule has 5 heteroatoms. The van der Waals surface area contributed by atoms with Crippen LogP contribution in [0.2, 0.25) is 0 Å². The zero-order valence-corrected chi connectivity index (χ0v) is 12.0. The molecule has 5 nitrogen and oxygen atoms in total. The van der Waals surface area contributed by atoms with E-state index in [9.17, 15) is 0 Å². The van der Waals surface area contributed by atoms with Gasteiger partial charge in [-0.3, -0.25) is 0 Å². The van der Waals surface area contributed by atoms with Gasteiger partial charge in [0.05, 0.1) is 5.39 Å². The molecule has 0 saturated heterocycles. The van der Waals surface area contributed by atoms with E-state index >= 15 is 0 Å². The van der Waals surface area contributed by atoms with Crippen LogP contribution in [0.4, 0.5) is 5.82 Å². The lowest BCUT2D eigenvalue weighted by Crippen LogP contribution is -2.31. The van der Waals surface area contributed by atoms with Crippen molar-refractivity contribution in [1.29, 1.82) is 0 Å². The second-order valence-electron chi connectivity index (χ2n) is 5.72. The standard InChI is InChI=1S/C15H23N5/c1-2-11-8-17-14-13(11)15(19-9-18-14)20-12-5-3-4-10(6-12)7-16/h8-10,12H,2-7,16H2,1H3,(H2,17,18,19,20). The number of H-pyrrole nitrogens is 1. The smallest absolute Gasteiger partial charge is 0.143 e. The number of aromatic amines is 1. The first-order valence-electron chi connectivity index (χ1n) is 7.59. The van der Waals surface area contributed by atoms with Gasteiger partial charge in [-0.1, -0.05) is 13.3 Å². The van der Waals surface area contributed by atoms with Crippen LogP contribution in [0.15, 0.2) is 12.5 Å². The van der Waals surface area contributed by atoms with Gasteiger partial charge in [-0.05, 0) is 43.7 Å². The van der Waals surface area contributed by atoms with Crippen LogP contribution in [0, 0.1) is 5.92 Å². The molecule has 2 heterocycles. The molecule has 0 spiro atoms.